The number of carbonyl (C=O) groups is 1. The first-order valence-electron chi connectivity index (χ1n) is 7.44. The van der Waals surface area contributed by atoms with Crippen LogP contribution in [0.3, 0.4) is 0 Å². The maximum absolute atomic E-state index is 13.6. The SMILES string of the molecule is CC(C)C(C(=O)O)n1c(-c2cccc(F)c2)nc2ccccc21. The molecule has 0 saturated carbocycles. The molecule has 2 aromatic carbocycles. The smallest absolute Gasteiger partial charge is 0.327 e. The van der Waals surface area contributed by atoms with Gasteiger partial charge in [0, 0.05) is 5.56 Å². The molecule has 4 nitrogen and oxygen atoms in total. The van der Waals surface area contributed by atoms with E-state index in [4.69, 9.17) is 0 Å². The molecule has 0 bridgehead atoms. The van der Waals surface area contributed by atoms with Gasteiger partial charge in [0.05, 0.1) is 11.0 Å². The summed E-state index contributed by atoms with van der Waals surface area (Å²) in [4.78, 5) is 16.4. The van der Waals surface area contributed by atoms with E-state index in [1.54, 1.807) is 16.7 Å². The lowest BCUT2D eigenvalue weighted by atomic mass is 10.0. The summed E-state index contributed by atoms with van der Waals surface area (Å²) < 4.78 is 15.3. The number of benzene rings is 2. The first-order valence-corrected chi connectivity index (χ1v) is 7.44. The van der Waals surface area contributed by atoms with Crippen LogP contribution in [0.2, 0.25) is 0 Å². The summed E-state index contributed by atoms with van der Waals surface area (Å²) in [7, 11) is 0. The molecule has 0 aliphatic carbocycles. The normalized spacial score (nSPS) is 12.7. The molecular formula is C18H17FN2O2. The monoisotopic (exact) mass is 312 g/mol. The number of aromatic nitrogens is 2. The Bertz CT molecular complexity index is 870. The van der Waals surface area contributed by atoms with E-state index in [0.717, 1.165) is 5.52 Å². The highest BCUT2D eigenvalue weighted by molar-refractivity contribution is 5.84. The summed E-state index contributed by atoms with van der Waals surface area (Å²) in [5.41, 5.74) is 1.99. The second kappa shape index (κ2) is 5.83. The number of imidazole rings is 1. The Morgan fingerprint density at radius 3 is 2.57 bits per heavy atom. The van der Waals surface area contributed by atoms with E-state index in [0.29, 0.717) is 16.9 Å². The molecule has 1 unspecified atom stereocenters. The van der Waals surface area contributed by atoms with Crippen LogP contribution in [-0.4, -0.2) is 20.6 Å². The maximum Gasteiger partial charge on any atom is 0.327 e. The van der Waals surface area contributed by atoms with Crippen molar-refractivity contribution in [2.24, 2.45) is 5.92 Å². The molecule has 0 spiro atoms. The van der Waals surface area contributed by atoms with E-state index < -0.39 is 12.0 Å². The van der Waals surface area contributed by atoms with Crippen molar-refractivity contribution in [2.45, 2.75) is 19.9 Å². The van der Waals surface area contributed by atoms with Gasteiger partial charge in [0.1, 0.15) is 17.7 Å². The fourth-order valence-corrected chi connectivity index (χ4v) is 2.85. The highest BCUT2D eigenvalue weighted by atomic mass is 19.1. The minimum absolute atomic E-state index is 0.141. The van der Waals surface area contributed by atoms with Crippen LogP contribution in [0.1, 0.15) is 19.9 Å². The van der Waals surface area contributed by atoms with Crippen LogP contribution in [0.15, 0.2) is 48.5 Å². The number of nitrogens with zero attached hydrogens (tertiary/aromatic N) is 2. The second-order valence-corrected chi connectivity index (χ2v) is 5.83. The molecule has 0 aliphatic rings. The van der Waals surface area contributed by atoms with E-state index in [9.17, 15) is 14.3 Å². The molecule has 0 fully saturated rings. The van der Waals surface area contributed by atoms with Crippen molar-refractivity contribution >= 4 is 17.0 Å². The third-order valence-corrected chi connectivity index (χ3v) is 3.84. The zero-order valence-corrected chi connectivity index (χ0v) is 12.9. The van der Waals surface area contributed by atoms with Crippen molar-refractivity contribution in [3.8, 4) is 11.4 Å². The summed E-state index contributed by atoms with van der Waals surface area (Å²) >= 11 is 0. The zero-order chi connectivity index (χ0) is 16.6. The van der Waals surface area contributed by atoms with E-state index in [2.05, 4.69) is 4.98 Å². The molecule has 3 aromatic rings. The molecular weight excluding hydrogens is 295 g/mol. The van der Waals surface area contributed by atoms with Crippen LogP contribution in [0.4, 0.5) is 4.39 Å². The average molecular weight is 312 g/mol. The topological polar surface area (TPSA) is 55.1 Å². The van der Waals surface area contributed by atoms with Crippen LogP contribution < -0.4 is 0 Å². The summed E-state index contributed by atoms with van der Waals surface area (Å²) in [5.74, 6) is -0.984. The molecule has 0 amide bonds. The van der Waals surface area contributed by atoms with Crippen molar-refractivity contribution in [1.82, 2.24) is 9.55 Å². The third kappa shape index (κ3) is 2.70. The molecule has 23 heavy (non-hydrogen) atoms. The van der Waals surface area contributed by atoms with E-state index in [-0.39, 0.29) is 11.7 Å². The Kier molecular flexibility index (Phi) is 3.86. The van der Waals surface area contributed by atoms with Gasteiger partial charge in [0.2, 0.25) is 0 Å². The summed E-state index contributed by atoms with van der Waals surface area (Å²) in [6.07, 6.45) is 0. The highest BCUT2D eigenvalue weighted by Crippen LogP contribution is 2.32. The largest absolute Gasteiger partial charge is 0.480 e. The molecule has 0 aliphatic heterocycles. The van der Waals surface area contributed by atoms with Gasteiger partial charge >= 0.3 is 5.97 Å². The van der Waals surface area contributed by atoms with E-state index in [1.165, 1.54) is 12.1 Å². The van der Waals surface area contributed by atoms with E-state index >= 15 is 0 Å². The molecule has 1 aromatic heterocycles. The Morgan fingerprint density at radius 2 is 1.91 bits per heavy atom. The Morgan fingerprint density at radius 1 is 1.17 bits per heavy atom. The Labute approximate surface area is 133 Å². The van der Waals surface area contributed by atoms with Crippen molar-refractivity contribution in [1.29, 1.82) is 0 Å². The highest BCUT2D eigenvalue weighted by Gasteiger charge is 2.28. The maximum atomic E-state index is 13.6. The van der Waals surface area contributed by atoms with Gasteiger partial charge in [-0.05, 0) is 30.2 Å². The minimum atomic E-state index is -0.930. The first kappa shape index (κ1) is 15.2. The molecule has 1 N–H and O–H groups in total. The van der Waals surface area contributed by atoms with Crippen LogP contribution in [0, 0.1) is 11.7 Å². The first-order chi connectivity index (χ1) is 11.0. The fourth-order valence-electron chi connectivity index (χ4n) is 2.85. The van der Waals surface area contributed by atoms with Crippen LogP contribution in [0.5, 0.6) is 0 Å². The second-order valence-electron chi connectivity index (χ2n) is 5.83. The molecule has 5 heteroatoms. The number of carboxylic acid groups (broad SMARTS) is 1. The molecule has 118 valence electrons. The number of fused-ring (bicyclic) bond motifs is 1. The lowest BCUT2D eigenvalue weighted by Crippen LogP contribution is -2.24. The molecule has 0 radical (unpaired) electrons. The molecule has 1 atom stereocenters. The Hall–Kier alpha value is -2.69. The van der Waals surface area contributed by atoms with Gasteiger partial charge in [-0.15, -0.1) is 0 Å². The van der Waals surface area contributed by atoms with Gasteiger partial charge < -0.3 is 9.67 Å². The average Bonchev–Trinajstić information content (AvgIpc) is 2.86. The predicted octanol–water partition coefficient (Wildman–Crippen LogP) is 4.12. The zero-order valence-electron chi connectivity index (χ0n) is 12.9. The van der Waals surface area contributed by atoms with E-state index in [1.807, 2.05) is 38.1 Å². The van der Waals surface area contributed by atoms with Gasteiger partial charge in [0.15, 0.2) is 0 Å². The summed E-state index contributed by atoms with van der Waals surface area (Å²) in [6.45, 7) is 3.70. The van der Waals surface area contributed by atoms with Crippen molar-refractivity contribution in [3.63, 3.8) is 0 Å². The van der Waals surface area contributed by atoms with Crippen molar-refractivity contribution in [2.75, 3.05) is 0 Å². The van der Waals surface area contributed by atoms with Crippen LogP contribution in [0.25, 0.3) is 22.4 Å². The minimum Gasteiger partial charge on any atom is -0.480 e. The van der Waals surface area contributed by atoms with Gasteiger partial charge in [-0.3, -0.25) is 0 Å². The third-order valence-electron chi connectivity index (χ3n) is 3.84. The summed E-state index contributed by atoms with van der Waals surface area (Å²) in [5, 5.41) is 9.68. The number of halogens is 1. The van der Waals surface area contributed by atoms with Crippen LogP contribution in [-0.2, 0) is 4.79 Å². The van der Waals surface area contributed by atoms with Gasteiger partial charge in [-0.2, -0.15) is 0 Å². The number of aliphatic carboxylic acids is 1. The number of carboxylic acids is 1. The molecule has 0 saturated heterocycles. The quantitative estimate of drug-likeness (QED) is 0.788. The van der Waals surface area contributed by atoms with Gasteiger partial charge in [-0.1, -0.05) is 38.1 Å². The lowest BCUT2D eigenvalue weighted by molar-refractivity contribution is -0.142. The number of rotatable bonds is 4. The fraction of sp³-hybridized carbons (Fsp3) is 0.222. The van der Waals surface area contributed by atoms with Crippen LogP contribution >= 0.6 is 0 Å². The predicted molar refractivity (Wildman–Crippen MR) is 86.6 cm³/mol. The van der Waals surface area contributed by atoms with Gasteiger partial charge in [0.25, 0.3) is 0 Å². The number of hydrogen-bond donors (Lipinski definition) is 1. The number of hydrogen-bond acceptors (Lipinski definition) is 2. The molecule has 1 heterocycles. The van der Waals surface area contributed by atoms with Gasteiger partial charge in [-0.25, -0.2) is 14.2 Å². The van der Waals surface area contributed by atoms with Crippen molar-refractivity contribution < 1.29 is 14.3 Å². The summed E-state index contributed by atoms with van der Waals surface area (Å²) in [6, 6.07) is 12.6. The van der Waals surface area contributed by atoms with Crippen molar-refractivity contribution in [3.05, 3.63) is 54.3 Å². The molecule has 3 rings (SSSR count). The standard InChI is InChI=1S/C18H17FN2O2/c1-11(2)16(18(22)23)21-15-9-4-3-8-14(15)20-17(21)12-6-5-7-13(19)10-12/h3-11,16H,1-2H3,(H,22,23). The number of para-hydroxylation sites is 2. The lowest BCUT2D eigenvalue weighted by Gasteiger charge is -2.21. The Balaban J connectivity index is 2.33.